The molecular weight excluding hydrogens is 324 g/mol. The van der Waals surface area contributed by atoms with E-state index >= 15 is 0 Å². The van der Waals surface area contributed by atoms with Crippen molar-refractivity contribution in [3.63, 3.8) is 0 Å². The van der Waals surface area contributed by atoms with Crippen molar-refractivity contribution in [1.82, 2.24) is 9.80 Å². The van der Waals surface area contributed by atoms with Gasteiger partial charge in [0.15, 0.2) is 0 Å². The van der Waals surface area contributed by atoms with E-state index in [0.717, 1.165) is 32.1 Å². The van der Waals surface area contributed by atoms with E-state index in [9.17, 15) is 8.42 Å². The molecule has 1 aliphatic carbocycles. The lowest BCUT2D eigenvalue weighted by molar-refractivity contribution is 0.143. The zero-order valence-corrected chi connectivity index (χ0v) is 14.6. The highest BCUT2D eigenvalue weighted by Gasteiger charge is 2.27. The van der Waals surface area contributed by atoms with Crippen LogP contribution in [-0.2, 0) is 10.0 Å². The number of para-hydroxylation sites is 1. The second-order valence-corrected chi connectivity index (χ2v) is 8.56. The highest BCUT2D eigenvalue weighted by atomic mass is 32.2. The topological polar surface area (TPSA) is 65.0 Å². The SMILES string of the molecule is O=S1(=O)N=C(CN2CCN(CCC3CC3)CC2)Nc2ccccc21. The van der Waals surface area contributed by atoms with Gasteiger partial charge in [0.2, 0.25) is 0 Å². The predicted molar refractivity (Wildman–Crippen MR) is 94.9 cm³/mol. The van der Waals surface area contributed by atoms with Crippen molar-refractivity contribution in [1.29, 1.82) is 0 Å². The summed E-state index contributed by atoms with van der Waals surface area (Å²) in [7, 11) is -3.58. The maximum Gasteiger partial charge on any atom is 0.286 e. The third-order valence-electron chi connectivity index (χ3n) is 5.06. The summed E-state index contributed by atoms with van der Waals surface area (Å²) in [6, 6.07) is 6.94. The first-order valence-corrected chi connectivity index (χ1v) is 10.2. The Morgan fingerprint density at radius 3 is 2.54 bits per heavy atom. The van der Waals surface area contributed by atoms with E-state index in [2.05, 4.69) is 19.5 Å². The molecule has 1 saturated heterocycles. The number of benzene rings is 1. The van der Waals surface area contributed by atoms with Crippen LogP contribution in [0.25, 0.3) is 0 Å². The molecule has 0 amide bonds. The van der Waals surface area contributed by atoms with Crippen molar-refractivity contribution in [3.05, 3.63) is 24.3 Å². The molecule has 1 N–H and O–H groups in total. The minimum absolute atomic E-state index is 0.263. The molecule has 1 aromatic rings. The molecule has 6 nitrogen and oxygen atoms in total. The van der Waals surface area contributed by atoms with Crippen molar-refractivity contribution in [3.8, 4) is 0 Å². The fourth-order valence-corrected chi connectivity index (χ4v) is 4.53. The Morgan fingerprint density at radius 2 is 1.79 bits per heavy atom. The van der Waals surface area contributed by atoms with Gasteiger partial charge in [-0.1, -0.05) is 25.0 Å². The molecule has 0 unspecified atom stereocenters. The quantitative estimate of drug-likeness (QED) is 0.876. The van der Waals surface area contributed by atoms with Gasteiger partial charge in [0.1, 0.15) is 10.7 Å². The summed E-state index contributed by atoms with van der Waals surface area (Å²) in [5, 5.41) is 3.18. The fourth-order valence-electron chi connectivity index (χ4n) is 3.39. The first kappa shape index (κ1) is 16.1. The summed E-state index contributed by atoms with van der Waals surface area (Å²) < 4.78 is 28.5. The van der Waals surface area contributed by atoms with Gasteiger partial charge in [-0.3, -0.25) is 4.90 Å². The molecule has 4 rings (SSSR count). The van der Waals surface area contributed by atoms with Crippen LogP contribution >= 0.6 is 0 Å². The smallest absolute Gasteiger partial charge is 0.286 e. The highest BCUT2D eigenvalue weighted by molar-refractivity contribution is 7.90. The minimum atomic E-state index is -3.58. The van der Waals surface area contributed by atoms with Crippen LogP contribution < -0.4 is 5.32 Å². The Bertz CT molecular complexity index is 735. The number of amidine groups is 1. The van der Waals surface area contributed by atoms with E-state index < -0.39 is 10.0 Å². The number of fused-ring (bicyclic) bond motifs is 1. The molecule has 0 radical (unpaired) electrons. The average Bonchev–Trinajstić information content (AvgIpc) is 3.38. The van der Waals surface area contributed by atoms with Gasteiger partial charge < -0.3 is 10.2 Å². The number of nitrogens with one attached hydrogen (secondary N) is 1. The summed E-state index contributed by atoms with van der Waals surface area (Å²) in [5.74, 6) is 1.51. The normalized spacial score (nSPS) is 24.1. The van der Waals surface area contributed by atoms with Crippen molar-refractivity contribution >= 4 is 21.5 Å². The van der Waals surface area contributed by atoms with Crippen molar-refractivity contribution in [2.45, 2.75) is 24.2 Å². The van der Waals surface area contributed by atoms with Gasteiger partial charge in [-0.2, -0.15) is 8.42 Å². The summed E-state index contributed by atoms with van der Waals surface area (Å²) >= 11 is 0. The van der Waals surface area contributed by atoms with Crippen LogP contribution in [0.3, 0.4) is 0 Å². The molecule has 2 heterocycles. The van der Waals surface area contributed by atoms with Gasteiger partial charge in [-0.15, -0.1) is 4.40 Å². The average molecular weight is 348 g/mol. The molecule has 24 heavy (non-hydrogen) atoms. The number of hydrogen-bond acceptors (Lipinski definition) is 5. The van der Waals surface area contributed by atoms with E-state index in [1.807, 2.05) is 6.07 Å². The maximum atomic E-state index is 12.3. The number of piperazine rings is 1. The maximum absolute atomic E-state index is 12.3. The van der Waals surface area contributed by atoms with Crippen LogP contribution in [0.1, 0.15) is 19.3 Å². The lowest BCUT2D eigenvalue weighted by atomic mass is 10.2. The molecule has 2 aliphatic heterocycles. The lowest BCUT2D eigenvalue weighted by Crippen LogP contribution is -2.49. The summed E-state index contributed by atoms with van der Waals surface area (Å²) in [4.78, 5) is 5.07. The van der Waals surface area contributed by atoms with Gasteiger partial charge in [0, 0.05) is 26.2 Å². The zero-order chi connectivity index (χ0) is 16.6. The molecule has 1 aromatic carbocycles. The largest absolute Gasteiger partial charge is 0.341 e. The van der Waals surface area contributed by atoms with Crippen molar-refractivity contribution in [2.75, 3.05) is 44.6 Å². The lowest BCUT2D eigenvalue weighted by Gasteiger charge is -2.35. The number of sulfonamides is 1. The van der Waals surface area contributed by atoms with Gasteiger partial charge in [-0.05, 0) is 31.0 Å². The standard InChI is InChI=1S/C17H24N4O2S/c22-24(23)16-4-2-1-3-15(16)18-17(19-24)13-21-11-9-20(10-12-21)8-7-14-5-6-14/h1-4,14H,5-13H2,(H,18,19). The van der Waals surface area contributed by atoms with Crippen LogP contribution in [0, 0.1) is 5.92 Å². The van der Waals surface area contributed by atoms with Gasteiger partial charge in [0.05, 0.1) is 12.2 Å². The summed E-state index contributed by atoms with van der Waals surface area (Å²) in [6.45, 7) is 5.82. The molecule has 0 aromatic heterocycles. The Hall–Kier alpha value is -1.44. The van der Waals surface area contributed by atoms with Crippen LogP contribution in [-0.4, -0.2) is 63.3 Å². The van der Waals surface area contributed by atoms with Gasteiger partial charge >= 0.3 is 0 Å². The fraction of sp³-hybridized carbons (Fsp3) is 0.588. The molecule has 0 atom stereocenters. The summed E-state index contributed by atoms with van der Waals surface area (Å²) in [5.41, 5.74) is 0.630. The van der Waals surface area contributed by atoms with E-state index in [-0.39, 0.29) is 4.90 Å². The Labute approximate surface area is 143 Å². The Balaban J connectivity index is 1.34. The van der Waals surface area contributed by atoms with E-state index in [1.165, 1.54) is 25.8 Å². The predicted octanol–water partition coefficient (Wildman–Crippen LogP) is 1.62. The summed E-state index contributed by atoms with van der Waals surface area (Å²) in [6.07, 6.45) is 4.17. The molecule has 3 aliphatic rings. The van der Waals surface area contributed by atoms with Gasteiger partial charge in [0.25, 0.3) is 10.0 Å². The molecule has 0 bridgehead atoms. The van der Waals surface area contributed by atoms with Crippen LogP contribution in [0.5, 0.6) is 0 Å². The minimum Gasteiger partial charge on any atom is -0.341 e. The monoisotopic (exact) mass is 348 g/mol. The molecule has 0 spiro atoms. The molecule has 1 saturated carbocycles. The first-order chi connectivity index (χ1) is 11.6. The highest BCUT2D eigenvalue weighted by Crippen LogP contribution is 2.32. The second-order valence-electron chi connectivity index (χ2n) is 6.98. The number of rotatable bonds is 5. The second kappa shape index (κ2) is 6.46. The van der Waals surface area contributed by atoms with E-state index in [0.29, 0.717) is 18.1 Å². The van der Waals surface area contributed by atoms with Crippen LogP contribution in [0.15, 0.2) is 33.6 Å². The number of anilines is 1. The van der Waals surface area contributed by atoms with Gasteiger partial charge in [-0.25, -0.2) is 0 Å². The Kier molecular flexibility index (Phi) is 4.32. The number of hydrogen-bond donors (Lipinski definition) is 1. The van der Waals surface area contributed by atoms with Crippen LogP contribution in [0.2, 0.25) is 0 Å². The molecule has 7 heteroatoms. The molecule has 2 fully saturated rings. The van der Waals surface area contributed by atoms with Crippen molar-refractivity contribution < 1.29 is 8.42 Å². The first-order valence-electron chi connectivity index (χ1n) is 8.75. The molecule has 130 valence electrons. The third-order valence-corrected chi connectivity index (χ3v) is 6.44. The molecular formula is C17H24N4O2S. The van der Waals surface area contributed by atoms with E-state index in [4.69, 9.17) is 0 Å². The number of nitrogens with zero attached hydrogens (tertiary/aromatic N) is 3. The van der Waals surface area contributed by atoms with Crippen LogP contribution in [0.4, 0.5) is 5.69 Å². The van der Waals surface area contributed by atoms with Crippen molar-refractivity contribution in [2.24, 2.45) is 10.3 Å². The zero-order valence-electron chi connectivity index (χ0n) is 13.8. The third kappa shape index (κ3) is 3.63. The van der Waals surface area contributed by atoms with E-state index in [1.54, 1.807) is 18.2 Å². The Morgan fingerprint density at radius 1 is 1.08 bits per heavy atom.